The van der Waals surface area contributed by atoms with E-state index in [1.54, 1.807) is 6.07 Å². The first-order valence-corrected chi connectivity index (χ1v) is 16.2. The maximum absolute atomic E-state index is 13.2. The van der Waals surface area contributed by atoms with Crippen LogP contribution in [0.5, 0.6) is 11.5 Å². The summed E-state index contributed by atoms with van der Waals surface area (Å²) in [6.07, 6.45) is -0.0135. The minimum atomic E-state index is -1.80. The Kier molecular flexibility index (Phi) is 13.5. The number of esters is 1. The van der Waals surface area contributed by atoms with Gasteiger partial charge in [-0.15, -0.1) is 0 Å². The summed E-state index contributed by atoms with van der Waals surface area (Å²) in [5, 5.41) is 34.9. The highest BCUT2D eigenvalue weighted by molar-refractivity contribution is 6.39. The zero-order valence-corrected chi connectivity index (χ0v) is 28.7. The van der Waals surface area contributed by atoms with Crippen LogP contribution in [0.1, 0.15) is 39.1 Å². The first-order chi connectivity index (χ1) is 25.4. The number of hydrogen-bond donors (Lipinski definition) is 5. The zero-order valence-electron chi connectivity index (χ0n) is 28.7. The highest BCUT2D eigenvalue weighted by Gasteiger charge is 2.28. The lowest BCUT2D eigenvalue weighted by Crippen LogP contribution is -2.48. The van der Waals surface area contributed by atoms with Crippen molar-refractivity contribution in [2.75, 3.05) is 32.3 Å². The van der Waals surface area contributed by atoms with E-state index in [1.165, 1.54) is 61.7 Å². The third-order valence-corrected chi connectivity index (χ3v) is 7.90. The molecule has 0 bridgehead atoms. The van der Waals surface area contributed by atoms with Crippen molar-refractivity contribution >= 4 is 47.2 Å². The van der Waals surface area contributed by atoms with Crippen LogP contribution < -0.4 is 20.3 Å². The fourth-order valence-electron chi connectivity index (χ4n) is 5.30. The number of phenols is 1. The SMILES string of the molecule is COC(=O)N[C@@H](Cc1ccc(N(C(=O)C(=O)O)c2ccccc2C(=O)O)cc1)C(=O)NCCCCOc1cc(-c2ccccc2)cc(O)c1C(=O)OC. The number of amides is 3. The molecular formula is C38H37N3O12. The fraction of sp³-hybridized carbons (Fsp3) is 0.211. The van der Waals surface area contributed by atoms with E-state index in [9.17, 15) is 44.1 Å². The van der Waals surface area contributed by atoms with Crippen molar-refractivity contribution in [3.8, 4) is 22.6 Å². The predicted octanol–water partition coefficient (Wildman–Crippen LogP) is 4.54. The van der Waals surface area contributed by atoms with Gasteiger partial charge in [0.05, 0.1) is 32.1 Å². The van der Waals surface area contributed by atoms with Crippen molar-refractivity contribution in [2.24, 2.45) is 0 Å². The Morgan fingerprint density at radius 2 is 1.47 bits per heavy atom. The number of carbonyl (C=O) groups is 6. The van der Waals surface area contributed by atoms with Gasteiger partial charge in [-0.05, 0) is 65.9 Å². The summed E-state index contributed by atoms with van der Waals surface area (Å²) in [6.45, 7) is 0.320. The van der Waals surface area contributed by atoms with Crippen LogP contribution in [-0.4, -0.2) is 84.5 Å². The molecule has 0 saturated carbocycles. The second-order valence-corrected chi connectivity index (χ2v) is 11.4. The van der Waals surface area contributed by atoms with E-state index in [0.29, 0.717) is 24.0 Å². The molecule has 53 heavy (non-hydrogen) atoms. The molecule has 15 nitrogen and oxygen atoms in total. The van der Waals surface area contributed by atoms with E-state index in [0.717, 1.165) is 17.6 Å². The molecule has 0 fully saturated rings. The first-order valence-electron chi connectivity index (χ1n) is 16.2. The van der Waals surface area contributed by atoms with Gasteiger partial charge in [0.25, 0.3) is 0 Å². The number of benzene rings is 4. The van der Waals surface area contributed by atoms with Gasteiger partial charge in [0, 0.05) is 18.7 Å². The number of nitrogens with one attached hydrogen (secondary N) is 2. The molecule has 4 aromatic rings. The quantitative estimate of drug-likeness (QED) is 0.0648. The van der Waals surface area contributed by atoms with Crippen LogP contribution in [0.25, 0.3) is 11.1 Å². The van der Waals surface area contributed by atoms with Crippen molar-refractivity contribution in [2.45, 2.75) is 25.3 Å². The molecule has 0 saturated heterocycles. The monoisotopic (exact) mass is 727 g/mol. The lowest BCUT2D eigenvalue weighted by molar-refractivity contribution is -0.148. The second kappa shape index (κ2) is 18.4. The average Bonchev–Trinajstić information content (AvgIpc) is 3.16. The van der Waals surface area contributed by atoms with Crippen LogP contribution in [0.15, 0.2) is 91.0 Å². The molecule has 276 valence electrons. The molecule has 5 N–H and O–H groups in total. The number of carbonyl (C=O) groups excluding carboxylic acids is 4. The van der Waals surface area contributed by atoms with Gasteiger partial charge in [-0.3, -0.25) is 14.5 Å². The summed E-state index contributed by atoms with van der Waals surface area (Å²) in [5.41, 5.74) is 1.43. The van der Waals surface area contributed by atoms with Crippen molar-refractivity contribution in [1.82, 2.24) is 10.6 Å². The number of aromatic hydroxyl groups is 1. The summed E-state index contributed by atoms with van der Waals surface area (Å²) in [6, 6.07) is 22.4. The lowest BCUT2D eigenvalue weighted by atomic mass is 10.0. The van der Waals surface area contributed by atoms with Crippen LogP contribution >= 0.6 is 0 Å². The number of nitrogens with zero attached hydrogens (tertiary/aromatic N) is 1. The normalized spacial score (nSPS) is 11.1. The highest BCUT2D eigenvalue weighted by Crippen LogP contribution is 2.35. The number of methoxy groups -OCH3 is 2. The second-order valence-electron chi connectivity index (χ2n) is 11.4. The van der Waals surface area contributed by atoms with Crippen LogP contribution in [0.4, 0.5) is 16.2 Å². The molecule has 0 heterocycles. The zero-order chi connectivity index (χ0) is 38.5. The van der Waals surface area contributed by atoms with E-state index in [-0.39, 0.29) is 53.6 Å². The van der Waals surface area contributed by atoms with Crippen molar-refractivity contribution in [3.63, 3.8) is 0 Å². The van der Waals surface area contributed by atoms with Crippen LogP contribution in [0, 0.1) is 0 Å². The number of anilines is 2. The smallest absolute Gasteiger partial charge is 0.407 e. The number of carboxylic acid groups (broad SMARTS) is 2. The Morgan fingerprint density at radius 3 is 2.11 bits per heavy atom. The molecule has 4 aromatic carbocycles. The van der Waals surface area contributed by atoms with Crippen molar-refractivity contribution < 1.29 is 58.3 Å². The van der Waals surface area contributed by atoms with E-state index in [2.05, 4.69) is 15.4 Å². The Labute approximate surface area is 303 Å². The number of aliphatic carboxylic acids is 1. The summed E-state index contributed by atoms with van der Waals surface area (Å²) in [4.78, 5) is 74.6. The minimum absolute atomic E-state index is 0.0273. The van der Waals surface area contributed by atoms with E-state index in [1.807, 2.05) is 30.3 Å². The van der Waals surface area contributed by atoms with Crippen molar-refractivity contribution in [3.05, 3.63) is 108 Å². The predicted molar refractivity (Wildman–Crippen MR) is 190 cm³/mol. The summed E-state index contributed by atoms with van der Waals surface area (Å²) in [7, 11) is 2.34. The maximum Gasteiger partial charge on any atom is 0.407 e. The number of aromatic carboxylic acids is 1. The van der Waals surface area contributed by atoms with Crippen molar-refractivity contribution in [1.29, 1.82) is 0 Å². The Hall–Kier alpha value is -6.90. The minimum Gasteiger partial charge on any atom is -0.507 e. The number of phenolic OH excluding ortho intramolecular Hbond substituents is 1. The van der Waals surface area contributed by atoms with Gasteiger partial charge in [-0.25, -0.2) is 19.2 Å². The Morgan fingerprint density at radius 1 is 0.792 bits per heavy atom. The standard InChI is InChI=1S/C38H37N3O12/c1-51-37(49)32-30(42)21-25(24-10-4-3-5-11-24)22-31(32)53-19-9-8-18-39-33(43)28(40-38(50)52-2)20-23-14-16-26(17-15-23)41(34(44)36(47)48)29-13-7-6-12-27(29)35(45)46/h3-7,10-17,21-22,28,42H,8-9,18-20H2,1-2H3,(H,39,43)(H,40,50)(H,45,46)(H,47,48)/t28-/m0/s1. The lowest BCUT2D eigenvalue weighted by Gasteiger charge is -2.23. The van der Waals surface area contributed by atoms with Gasteiger partial charge in [-0.1, -0.05) is 54.6 Å². The number of ether oxygens (including phenoxy) is 3. The van der Waals surface area contributed by atoms with Gasteiger partial charge < -0.3 is 40.2 Å². The fourth-order valence-corrected chi connectivity index (χ4v) is 5.30. The van der Waals surface area contributed by atoms with Gasteiger partial charge >= 0.3 is 29.9 Å². The summed E-state index contributed by atoms with van der Waals surface area (Å²) in [5.74, 6) is -6.02. The number of hydrogen-bond acceptors (Lipinski definition) is 10. The number of alkyl carbamates (subject to hydrolysis) is 1. The van der Waals surface area contributed by atoms with Crippen LogP contribution in [-0.2, 0) is 30.3 Å². The maximum atomic E-state index is 13.2. The van der Waals surface area contributed by atoms with Gasteiger partial charge in [0.1, 0.15) is 23.1 Å². The largest absolute Gasteiger partial charge is 0.507 e. The van der Waals surface area contributed by atoms with E-state index >= 15 is 0 Å². The Bertz CT molecular complexity index is 1970. The van der Waals surface area contributed by atoms with Gasteiger partial charge in [0.2, 0.25) is 5.91 Å². The molecule has 0 unspecified atom stereocenters. The number of unbranched alkanes of at least 4 members (excludes halogenated alkanes) is 1. The summed E-state index contributed by atoms with van der Waals surface area (Å²) >= 11 is 0. The Balaban J connectivity index is 1.40. The van der Waals surface area contributed by atoms with Crippen LogP contribution in [0.2, 0.25) is 0 Å². The van der Waals surface area contributed by atoms with Gasteiger partial charge in [-0.2, -0.15) is 0 Å². The molecule has 0 aromatic heterocycles. The van der Waals surface area contributed by atoms with E-state index < -0.39 is 41.9 Å². The molecular weight excluding hydrogens is 690 g/mol. The number of para-hydroxylation sites is 1. The molecule has 0 radical (unpaired) electrons. The number of rotatable bonds is 15. The summed E-state index contributed by atoms with van der Waals surface area (Å²) < 4.78 is 15.4. The van der Waals surface area contributed by atoms with E-state index in [4.69, 9.17) is 9.47 Å². The van der Waals surface area contributed by atoms with Crippen LogP contribution in [0.3, 0.4) is 0 Å². The number of carboxylic acids is 2. The third-order valence-electron chi connectivity index (χ3n) is 7.90. The molecule has 0 aliphatic carbocycles. The van der Waals surface area contributed by atoms with Gasteiger partial charge in [0.15, 0.2) is 0 Å². The molecule has 0 aliphatic rings. The average molecular weight is 728 g/mol. The first kappa shape index (κ1) is 38.9. The molecule has 0 spiro atoms. The topological polar surface area (TPSA) is 218 Å². The highest BCUT2D eigenvalue weighted by atomic mass is 16.5. The third kappa shape index (κ3) is 10.1. The molecule has 1 atom stereocenters. The molecule has 4 rings (SSSR count). The molecule has 0 aliphatic heterocycles. The molecule has 3 amide bonds. The molecule has 15 heteroatoms.